The van der Waals surface area contributed by atoms with Crippen LogP contribution in [0.15, 0.2) is 60.7 Å². The first-order valence-corrected chi connectivity index (χ1v) is 12.2. The summed E-state index contributed by atoms with van der Waals surface area (Å²) < 4.78 is 133. The highest BCUT2D eigenvalue weighted by atomic mass is 32.1. The van der Waals surface area contributed by atoms with E-state index in [-0.39, 0.29) is 22.9 Å². The third-order valence-corrected chi connectivity index (χ3v) is 6.44. The van der Waals surface area contributed by atoms with Gasteiger partial charge in [0, 0.05) is 18.2 Å². The Bertz CT molecular complexity index is 1730. The van der Waals surface area contributed by atoms with Gasteiger partial charge < -0.3 is 14.9 Å². The summed E-state index contributed by atoms with van der Waals surface area (Å²) in [6, 6.07) is 7.76. The molecule has 0 bridgehead atoms. The third kappa shape index (κ3) is 7.01. The summed E-state index contributed by atoms with van der Waals surface area (Å²) in [7, 11) is 0. The fourth-order valence-corrected chi connectivity index (χ4v) is 4.32. The van der Waals surface area contributed by atoms with Crippen molar-refractivity contribution in [2.45, 2.75) is 31.6 Å². The number of halogens is 10. The molecule has 222 valence electrons. The molecule has 0 radical (unpaired) electrons. The second kappa shape index (κ2) is 11.3. The first-order valence-electron chi connectivity index (χ1n) is 11.7. The number of aromatic amines is 1. The molecule has 42 heavy (non-hydrogen) atoms. The van der Waals surface area contributed by atoms with Crippen molar-refractivity contribution in [2.24, 2.45) is 0 Å². The van der Waals surface area contributed by atoms with Gasteiger partial charge in [-0.1, -0.05) is 18.2 Å². The molecule has 0 saturated carbocycles. The van der Waals surface area contributed by atoms with Crippen molar-refractivity contribution in [1.82, 2.24) is 14.9 Å². The number of nitrogens with one attached hydrogen (secondary N) is 2. The molecule has 1 aromatic heterocycles. The van der Waals surface area contributed by atoms with Gasteiger partial charge in [-0.3, -0.25) is 4.79 Å². The van der Waals surface area contributed by atoms with Crippen molar-refractivity contribution < 1.29 is 48.7 Å². The fraction of sp³-hybridized carbons (Fsp3) is 0.185. The molecular formula is C27H17F10N3OS. The summed E-state index contributed by atoms with van der Waals surface area (Å²) >= 11 is 5.22. The third-order valence-electron chi connectivity index (χ3n) is 6.12. The lowest BCUT2D eigenvalue weighted by Gasteiger charge is -2.16. The number of carbonyl (C=O) groups is 1. The average molecular weight is 622 g/mol. The van der Waals surface area contributed by atoms with Gasteiger partial charge in [0.1, 0.15) is 5.82 Å². The van der Waals surface area contributed by atoms with Crippen LogP contribution in [0.2, 0.25) is 0 Å². The van der Waals surface area contributed by atoms with Crippen LogP contribution in [0.3, 0.4) is 0 Å². The number of amides is 1. The van der Waals surface area contributed by atoms with Crippen LogP contribution in [0.5, 0.6) is 0 Å². The van der Waals surface area contributed by atoms with Crippen LogP contribution in [0.4, 0.5) is 43.9 Å². The van der Waals surface area contributed by atoms with Crippen molar-refractivity contribution >= 4 is 35.2 Å². The molecule has 0 spiro atoms. The van der Waals surface area contributed by atoms with E-state index in [0.717, 1.165) is 24.3 Å². The van der Waals surface area contributed by atoms with E-state index in [1.807, 2.05) is 0 Å². The topological polar surface area (TPSA) is 49.8 Å². The second-order valence-corrected chi connectivity index (χ2v) is 9.41. The molecular weight excluding hydrogens is 604 g/mol. The highest BCUT2D eigenvalue weighted by Gasteiger charge is 2.38. The zero-order valence-electron chi connectivity index (χ0n) is 20.8. The van der Waals surface area contributed by atoms with Gasteiger partial charge in [-0.2, -0.15) is 39.5 Å². The van der Waals surface area contributed by atoms with Crippen molar-refractivity contribution in [2.75, 3.05) is 0 Å². The first-order chi connectivity index (χ1) is 19.4. The minimum atomic E-state index is -5.07. The lowest BCUT2D eigenvalue weighted by Crippen LogP contribution is -2.20. The highest BCUT2D eigenvalue weighted by molar-refractivity contribution is 7.71. The van der Waals surface area contributed by atoms with Crippen LogP contribution in [-0.2, 0) is 36.4 Å². The van der Waals surface area contributed by atoms with Crippen molar-refractivity contribution in [3.63, 3.8) is 0 Å². The van der Waals surface area contributed by atoms with E-state index in [1.54, 1.807) is 6.07 Å². The van der Waals surface area contributed by atoms with Gasteiger partial charge in [-0.15, -0.1) is 0 Å². The number of carbonyl (C=O) groups excluding carboxylic acids is 1. The number of H-pyrrole nitrogens is 1. The van der Waals surface area contributed by atoms with Gasteiger partial charge in [0.25, 0.3) is 0 Å². The Hall–Kier alpha value is -4.14. The van der Waals surface area contributed by atoms with Crippen LogP contribution >= 0.6 is 12.2 Å². The molecule has 1 amide bonds. The minimum absolute atomic E-state index is 0.000657. The Kier molecular flexibility index (Phi) is 8.27. The Labute approximate surface area is 235 Å². The number of nitrogens with zero attached hydrogens (tertiary/aromatic N) is 1. The summed E-state index contributed by atoms with van der Waals surface area (Å²) in [4.78, 5) is 15.0. The molecule has 0 unspecified atom stereocenters. The van der Waals surface area contributed by atoms with E-state index in [0.29, 0.717) is 34.8 Å². The standard InChI is InChI=1S/C27H17F10N3OS/c28-20-11-18(26(32,33)34)5-2-15(20)4-8-23(41)38-12-14-1-7-21-22(9-14)40(24(42)39-21)13-16-3-6-17(25(29,30)31)10-19(16)27(35,36)37/h1-11H,12-13H2,(H,38,41)(H,39,42)/b8-4+. The van der Waals surface area contributed by atoms with Gasteiger partial charge in [0.15, 0.2) is 4.77 Å². The molecule has 0 saturated heterocycles. The second-order valence-electron chi connectivity index (χ2n) is 9.02. The molecule has 0 aliphatic heterocycles. The number of hydrogen-bond donors (Lipinski definition) is 2. The first kappa shape index (κ1) is 30.8. The highest BCUT2D eigenvalue weighted by Crippen LogP contribution is 2.38. The zero-order chi connectivity index (χ0) is 31.0. The van der Waals surface area contributed by atoms with E-state index in [2.05, 4.69) is 10.3 Å². The van der Waals surface area contributed by atoms with Gasteiger partial charge >= 0.3 is 18.5 Å². The maximum Gasteiger partial charge on any atom is 0.416 e. The SMILES string of the molecule is O=C(/C=C/c1ccc(C(F)(F)F)cc1F)NCc1ccc2[nH]c(=S)n(Cc3ccc(C(F)(F)F)cc3C(F)(F)F)c2c1. The summed E-state index contributed by atoms with van der Waals surface area (Å²) in [6.45, 7) is -0.621. The summed E-state index contributed by atoms with van der Waals surface area (Å²) in [5, 5.41) is 2.49. The van der Waals surface area contributed by atoms with E-state index in [1.165, 1.54) is 16.7 Å². The lowest BCUT2D eigenvalue weighted by molar-refractivity contribution is -0.143. The van der Waals surface area contributed by atoms with Crippen LogP contribution in [0.1, 0.15) is 33.4 Å². The number of aromatic nitrogens is 2. The monoisotopic (exact) mass is 621 g/mol. The summed E-state index contributed by atoms with van der Waals surface area (Å²) in [5.41, 5.74) is -3.64. The maximum absolute atomic E-state index is 14.0. The zero-order valence-corrected chi connectivity index (χ0v) is 21.6. The number of fused-ring (bicyclic) bond motifs is 1. The molecule has 2 N–H and O–H groups in total. The molecule has 4 aromatic rings. The minimum Gasteiger partial charge on any atom is -0.348 e. The van der Waals surface area contributed by atoms with Gasteiger partial charge in [-0.05, 0) is 65.8 Å². The molecule has 4 nitrogen and oxygen atoms in total. The van der Waals surface area contributed by atoms with E-state index in [9.17, 15) is 48.7 Å². The molecule has 0 fully saturated rings. The van der Waals surface area contributed by atoms with Gasteiger partial charge in [-0.25, -0.2) is 4.39 Å². The van der Waals surface area contributed by atoms with Crippen LogP contribution in [0.25, 0.3) is 17.1 Å². The lowest BCUT2D eigenvalue weighted by atomic mass is 10.0. The predicted octanol–water partition coefficient (Wildman–Crippen LogP) is 8.27. The number of hydrogen-bond acceptors (Lipinski definition) is 2. The van der Waals surface area contributed by atoms with E-state index in [4.69, 9.17) is 12.2 Å². The number of rotatable bonds is 6. The number of imidazole rings is 1. The Morgan fingerprint density at radius 2 is 1.50 bits per heavy atom. The smallest absolute Gasteiger partial charge is 0.348 e. The maximum atomic E-state index is 14.0. The van der Waals surface area contributed by atoms with E-state index >= 15 is 0 Å². The summed E-state index contributed by atoms with van der Waals surface area (Å²) in [6.07, 6.45) is -12.9. The van der Waals surface area contributed by atoms with Gasteiger partial charge in [0.05, 0.1) is 34.3 Å². The van der Waals surface area contributed by atoms with Crippen molar-refractivity contribution in [3.8, 4) is 0 Å². The Balaban J connectivity index is 1.53. The normalized spacial score (nSPS) is 12.8. The molecule has 0 aliphatic rings. The fourth-order valence-electron chi connectivity index (χ4n) is 4.04. The molecule has 15 heteroatoms. The predicted molar refractivity (Wildman–Crippen MR) is 135 cm³/mol. The summed E-state index contributed by atoms with van der Waals surface area (Å²) in [5.74, 6) is -1.90. The number of alkyl halides is 9. The average Bonchev–Trinajstić information content (AvgIpc) is 3.19. The largest absolute Gasteiger partial charge is 0.416 e. The number of benzene rings is 3. The van der Waals surface area contributed by atoms with Crippen molar-refractivity contribution in [3.05, 3.63) is 105 Å². The van der Waals surface area contributed by atoms with Crippen LogP contribution < -0.4 is 5.32 Å². The molecule has 4 rings (SSSR count). The molecule has 3 aromatic carbocycles. The Morgan fingerprint density at radius 1 is 0.857 bits per heavy atom. The molecule has 0 aliphatic carbocycles. The van der Waals surface area contributed by atoms with Crippen LogP contribution in [0, 0.1) is 10.6 Å². The van der Waals surface area contributed by atoms with Gasteiger partial charge in [0.2, 0.25) is 5.91 Å². The Morgan fingerprint density at radius 3 is 2.12 bits per heavy atom. The molecule has 0 atom stereocenters. The van der Waals surface area contributed by atoms with E-state index < -0.39 is 59.1 Å². The van der Waals surface area contributed by atoms with Crippen LogP contribution in [-0.4, -0.2) is 15.5 Å². The quantitative estimate of drug-likeness (QED) is 0.129. The molecule has 1 heterocycles. The van der Waals surface area contributed by atoms with Crippen molar-refractivity contribution in [1.29, 1.82) is 0 Å².